The minimum Gasteiger partial charge on any atom is -0.325 e. The van der Waals surface area contributed by atoms with Crippen molar-refractivity contribution in [1.29, 1.82) is 5.26 Å². The van der Waals surface area contributed by atoms with E-state index in [-0.39, 0.29) is 24.8 Å². The lowest BCUT2D eigenvalue weighted by molar-refractivity contribution is -0.119. The van der Waals surface area contributed by atoms with Crippen molar-refractivity contribution in [1.82, 2.24) is 4.90 Å². The summed E-state index contributed by atoms with van der Waals surface area (Å²) in [5.41, 5.74) is 1.38. The number of carbonyl (C=O) groups is 2. The summed E-state index contributed by atoms with van der Waals surface area (Å²) in [6, 6.07) is 13.7. The van der Waals surface area contributed by atoms with Crippen molar-refractivity contribution in [3.63, 3.8) is 0 Å². The van der Waals surface area contributed by atoms with Crippen LogP contribution in [0.5, 0.6) is 0 Å². The Kier molecular flexibility index (Phi) is 8.94. The molecule has 2 N–H and O–H groups in total. The SMILES string of the molecule is CCCN(CCC(=O)Nc1ccccc1C#N)CC(=O)Nc1ccc(Cl)cc1Cl. The predicted molar refractivity (Wildman–Crippen MR) is 116 cm³/mol. The fourth-order valence-corrected chi connectivity index (χ4v) is 3.19. The number of anilines is 2. The third-order valence-corrected chi connectivity index (χ3v) is 4.64. The van der Waals surface area contributed by atoms with Crippen LogP contribution in [0.4, 0.5) is 11.4 Å². The molecule has 0 spiro atoms. The lowest BCUT2D eigenvalue weighted by atomic mass is 10.2. The highest BCUT2D eigenvalue weighted by molar-refractivity contribution is 6.36. The van der Waals surface area contributed by atoms with Crippen LogP contribution in [0.25, 0.3) is 0 Å². The summed E-state index contributed by atoms with van der Waals surface area (Å²) in [6.45, 7) is 3.22. The first-order valence-corrected chi connectivity index (χ1v) is 9.94. The van der Waals surface area contributed by atoms with Gasteiger partial charge in [-0.25, -0.2) is 0 Å². The summed E-state index contributed by atoms with van der Waals surface area (Å²) in [5.74, 6) is -0.437. The Balaban J connectivity index is 1.89. The number of hydrogen-bond acceptors (Lipinski definition) is 4. The molecule has 0 fully saturated rings. The van der Waals surface area contributed by atoms with Gasteiger partial charge in [0.1, 0.15) is 6.07 Å². The van der Waals surface area contributed by atoms with E-state index in [1.54, 1.807) is 42.5 Å². The van der Waals surface area contributed by atoms with Crippen molar-refractivity contribution in [3.05, 3.63) is 58.1 Å². The molecule has 8 heteroatoms. The molecule has 0 bridgehead atoms. The highest BCUT2D eigenvalue weighted by Gasteiger charge is 2.14. The Hall–Kier alpha value is -2.59. The van der Waals surface area contributed by atoms with Crippen molar-refractivity contribution in [2.45, 2.75) is 19.8 Å². The second-order valence-electron chi connectivity index (χ2n) is 6.40. The highest BCUT2D eigenvalue weighted by Crippen LogP contribution is 2.25. The Bertz CT molecular complexity index is 912. The molecule has 0 radical (unpaired) electrons. The number of nitrogens with one attached hydrogen (secondary N) is 2. The summed E-state index contributed by atoms with van der Waals surface area (Å²) in [6.07, 6.45) is 1.04. The molecule has 6 nitrogen and oxygen atoms in total. The van der Waals surface area contributed by atoms with Crippen molar-refractivity contribution < 1.29 is 9.59 Å². The van der Waals surface area contributed by atoms with E-state index >= 15 is 0 Å². The van der Waals surface area contributed by atoms with E-state index < -0.39 is 0 Å². The molecule has 0 atom stereocenters. The van der Waals surface area contributed by atoms with Gasteiger partial charge in [-0.05, 0) is 43.3 Å². The zero-order valence-electron chi connectivity index (χ0n) is 16.0. The van der Waals surface area contributed by atoms with Gasteiger partial charge in [-0.1, -0.05) is 42.3 Å². The minimum atomic E-state index is -0.224. The molecule has 2 aromatic carbocycles. The smallest absolute Gasteiger partial charge is 0.238 e. The Labute approximate surface area is 180 Å². The molecular weight excluding hydrogens is 411 g/mol. The van der Waals surface area contributed by atoms with E-state index in [0.717, 1.165) is 6.42 Å². The van der Waals surface area contributed by atoms with Crippen molar-refractivity contribution >= 4 is 46.4 Å². The molecule has 0 aromatic heterocycles. The van der Waals surface area contributed by atoms with E-state index in [2.05, 4.69) is 10.6 Å². The fourth-order valence-electron chi connectivity index (χ4n) is 2.73. The van der Waals surface area contributed by atoms with Crippen LogP contribution < -0.4 is 10.6 Å². The molecule has 2 aromatic rings. The molecule has 0 heterocycles. The Morgan fingerprint density at radius 3 is 2.45 bits per heavy atom. The number of para-hydroxylation sites is 1. The molecule has 0 aliphatic heterocycles. The third kappa shape index (κ3) is 7.39. The van der Waals surface area contributed by atoms with Crippen LogP contribution in [-0.4, -0.2) is 36.3 Å². The zero-order chi connectivity index (χ0) is 21.2. The van der Waals surface area contributed by atoms with Crippen molar-refractivity contribution in [3.8, 4) is 6.07 Å². The van der Waals surface area contributed by atoms with E-state index in [4.69, 9.17) is 28.5 Å². The maximum absolute atomic E-state index is 12.4. The number of carbonyl (C=O) groups excluding carboxylic acids is 2. The maximum Gasteiger partial charge on any atom is 0.238 e. The number of amides is 2. The summed E-state index contributed by atoms with van der Waals surface area (Å²) >= 11 is 12.0. The third-order valence-electron chi connectivity index (χ3n) is 4.09. The first-order chi connectivity index (χ1) is 13.9. The molecule has 0 aliphatic rings. The van der Waals surface area contributed by atoms with Gasteiger partial charge in [-0.15, -0.1) is 0 Å². The van der Waals surface area contributed by atoms with E-state index in [9.17, 15) is 9.59 Å². The minimum absolute atomic E-state index is 0.134. The number of halogens is 2. The number of hydrogen-bond donors (Lipinski definition) is 2. The number of rotatable bonds is 9. The molecule has 29 heavy (non-hydrogen) atoms. The lowest BCUT2D eigenvalue weighted by Crippen LogP contribution is -2.36. The summed E-state index contributed by atoms with van der Waals surface area (Å²) in [4.78, 5) is 26.5. The molecule has 2 amide bonds. The lowest BCUT2D eigenvalue weighted by Gasteiger charge is -2.21. The summed E-state index contributed by atoms with van der Waals surface area (Å²) in [5, 5.41) is 15.5. The van der Waals surface area contributed by atoms with Gasteiger partial charge < -0.3 is 10.6 Å². The largest absolute Gasteiger partial charge is 0.325 e. The second-order valence-corrected chi connectivity index (χ2v) is 7.25. The van der Waals surface area contributed by atoms with Crippen LogP contribution >= 0.6 is 23.2 Å². The summed E-state index contributed by atoms with van der Waals surface area (Å²) < 4.78 is 0. The van der Waals surface area contributed by atoms with Crippen molar-refractivity contribution in [2.24, 2.45) is 0 Å². The van der Waals surface area contributed by atoms with Gasteiger partial charge in [-0.3, -0.25) is 14.5 Å². The van der Waals surface area contributed by atoms with Crippen LogP contribution in [0.15, 0.2) is 42.5 Å². The highest BCUT2D eigenvalue weighted by atomic mass is 35.5. The van der Waals surface area contributed by atoms with Gasteiger partial charge >= 0.3 is 0 Å². The standard InChI is InChI=1S/C21H22Cl2N4O2/c1-2-10-27(14-21(29)26-19-8-7-16(22)12-17(19)23)11-9-20(28)25-18-6-4-3-5-15(18)13-24/h3-8,12H,2,9-11,14H2,1H3,(H,25,28)(H,26,29). The average Bonchev–Trinajstić information content (AvgIpc) is 2.69. The van der Waals surface area contributed by atoms with Crippen LogP contribution in [0, 0.1) is 11.3 Å². The van der Waals surface area contributed by atoms with Crippen LogP contribution in [0.2, 0.25) is 10.0 Å². The first kappa shape index (κ1) is 22.7. The molecule has 0 saturated heterocycles. The second kappa shape index (κ2) is 11.4. The molecular formula is C21H22Cl2N4O2. The van der Waals surface area contributed by atoms with E-state index in [1.807, 2.05) is 17.9 Å². The molecule has 0 aliphatic carbocycles. The van der Waals surface area contributed by atoms with E-state index in [1.165, 1.54) is 0 Å². The zero-order valence-corrected chi connectivity index (χ0v) is 17.6. The van der Waals surface area contributed by atoms with E-state index in [0.29, 0.717) is 40.1 Å². The van der Waals surface area contributed by atoms with Gasteiger partial charge in [0.05, 0.1) is 28.5 Å². The van der Waals surface area contributed by atoms with Gasteiger partial charge in [0.25, 0.3) is 0 Å². The van der Waals surface area contributed by atoms with Crippen LogP contribution in [0.3, 0.4) is 0 Å². The van der Waals surface area contributed by atoms with Crippen LogP contribution in [-0.2, 0) is 9.59 Å². The summed E-state index contributed by atoms with van der Waals surface area (Å²) in [7, 11) is 0. The number of nitrogens with zero attached hydrogens (tertiary/aromatic N) is 2. The van der Waals surface area contributed by atoms with Crippen LogP contribution in [0.1, 0.15) is 25.3 Å². The average molecular weight is 433 g/mol. The quantitative estimate of drug-likeness (QED) is 0.608. The van der Waals surface area contributed by atoms with Gasteiger partial charge in [-0.2, -0.15) is 5.26 Å². The van der Waals surface area contributed by atoms with Crippen molar-refractivity contribution in [2.75, 3.05) is 30.3 Å². The molecule has 0 saturated carbocycles. The van der Waals surface area contributed by atoms with Gasteiger partial charge in [0.15, 0.2) is 0 Å². The predicted octanol–water partition coefficient (Wildman–Crippen LogP) is 4.54. The number of nitriles is 1. The fraction of sp³-hybridized carbons (Fsp3) is 0.286. The van der Waals surface area contributed by atoms with Gasteiger partial charge in [0, 0.05) is 18.0 Å². The Morgan fingerprint density at radius 2 is 1.76 bits per heavy atom. The topological polar surface area (TPSA) is 85.2 Å². The molecule has 2 rings (SSSR count). The van der Waals surface area contributed by atoms with Gasteiger partial charge in [0.2, 0.25) is 11.8 Å². The normalized spacial score (nSPS) is 10.4. The molecule has 0 unspecified atom stereocenters. The first-order valence-electron chi connectivity index (χ1n) is 9.19. The Morgan fingerprint density at radius 1 is 1.03 bits per heavy atom. The maximum atomic E-state index is 12.4. The molecule has 152 valence electrons. The number of benzene rings is 2. The monoisotopic (exact) mass is 432 g/mol.